The molecule has 6 nitrogen and oxygen atoms in total. The van der Waals surface area contributed by atoms with Crippen LogP contribution in [0.3, 0.4) is 0 Å². The molecule has 1 heterocycles. The summed E-state index contributed by atoms with van der Waals surface area (Å²) >= 11 is 0. The minimum absolute atomic E-state index is 0.377. The predicted molar refractivity (Wildman–Crippen MR) is 55.3 cm³/mol. The summed E-state index contributed by atoms with van der Waals surface area (Å²) in [6, 6.07) is 4.52. The second-order valence-electron chi connectivity index (χ2n) is 3.10. The third-order valence-electron chi connectivity index (χ3n) is 1.72. The fourth-order valence-corrected chi connectivity index (χ4v) is 1.78. The highest BCUT2D eigenvalue weighted by atomic mass is 32.2. The zero-order chi connectivity index (χ0) is 11.1. The molecule has 0 aliphatic carbocycles. The largest absolute Gasteiger partial charge is 0.417 e. The lowest BCUT2D eigenvalue weighted by Gasteiger charge is -2.01. The number of hydrogen-bond donors (Lipinski definition) is 2. The SMILES string of the molecule is CS(=O)(=O)Nc1ccc2oc(=O)[nH]c2c1. The van der Waals surface area contributed by atoms with Gasteiger partial charge in [-0.15, -0.1) is 0 Å². The number of sulfonamides is 1. The van der Waals surface area contributed by atoms with Crippen LogP contribution in [-0.2, 0) is 10.0 Å². The van der Waals surface area contributed by atoms with Gasteiger partial charge in [-0.3, -0.25) is 9.71 Å². The Balaban J connectivity index is 2.51. The van der Waals surface area contributed by atoms with E-state index in [-0.39, 0.29) is 0 Å². The fourth-order valence-electron chi connectivity index (χ4n) is 1.23. The summed E-state index contributed by atoms with van der Waals surface area (Å²) in [4.78, 5) is 13.3. The molecule has 0 bridgehead atoms. The number of nitrogens with one attached hydrogen (secondary N) is 2. The van der Waals surface area contributed by atoms with Crippen molar-refractivity contribution in [2.75, 3.05) is 11.0 Å². The van der Waals surface area contributed by atoms with E-state index in [4.69, 9.17) is 4.42 Å². The Morgan fingerprint density at radius 2 is 2.13 bits per heavy atom. The zero-order valence-corrected chi connectivity index (χ0v) is 8.59. The van der Waals surface area contributed by atoms with Gasteiger partial charge in [-0.1, -0.05) is 0 Å². The molecular formula is C8H8N2O4S. The van der Waals surface area contributed by atoms with Crippen molar-refractivity contribution < 1.29 is 12.8 Å². The quantitative estimate of drug-likeness (QED) is 0.782. The topological polar surface area (TPSA) is 92.2 Å². The van der Waals surface area contributed by atoms with Crippen molar-refractivity contribution >= 4 is 26.8 Å². The summed E-state index contributed by atoms with van der Waals surface area (Å²) in [6.07, 6.45) is 1.05. The Kier molecular flexibility index (Phi) is 2.04. The van der Waals surface area contributed by atoms with Gasteiger partial charge < -0.3 is 4.42 Å². The van der Waals surface area contributed by atoms with Crippen molar-refractivity contribution in [3.05, 3.63) is 28.7 Å². The maximum Gasteiger partial charge on any atom is 0.417 e. The molecule has 2 N–H and O–H groups in total. The number of oxazole rings is 1. The van der Waals surface area contributed by atoms with Gasteiger partial charge in [-0.05, 0) is 18.2 Å². The van der Waals surface area contributed by atoms with Gasteiger partial charge in [-0.25, -0.2) is 13.2 Å². The highest BCUT2D eigenvalue weighted by molar-refractivity contribution is 7.92. The Hall–Kier alpha value is -1.76. The van der Waals surface area contributed by atoms with E-state index in [0.717, 1.165) is 6.26 Å². The van der Waals surface area contributed by atoms with Crippen molar-refractivity contribution in [3.8, 4) is 0 Å². The molecule has 0 aliphatic rings. The summed E-state index contributed by atoms with van der Waals surface area (Å²) in [5.74, 6) is -0.568. The molecule has 0 unspecified atom stereocenters. The van der Waals surface area contributed by atoms with Crippen LogP contribution in [0.5, 0.6) is 0 Å². The number of H-pyrrole nitrogens is 1. The van der Waals surface area contributed by atoms with Gasteiger partial charge >= 0.3 is 5.76 Å². The third kappa shape index (κ3) is 2.18. The standard InChI is InChI=1S/C8H8N2O4S/c1-15(12,13)10-5-2-3-7-6(4-5)9-8(11)14-7/h2-4,10H,1H3,(H,9,11). The maximum atomic E-state index is 10.9. The normalized spacial score (nSPS) is 11.8. The lowest BCUT2D eigenvalue weighted by atomic mass is 10.3. The Labute approximate surface area is 85.0 Å². The summed E-state index contributed by atoms with van der Waals surface area (Å²) in [7, 11) is -3.31. The molecule has 80 valence electrons. The number of aromatic nitrogens is 1. The van der Waals surface area contributed by atoms with Gasteiger partial charge in [0.1, 0.15) is 0 Å². The van der Waals surface area contributed by atoms with Crippen LogP contribution in [0, 0.1) is 0 Å². The first-order chi connectivity index (χ1) is 6.94. The third-order valence-corrected chi connectivity index (χ3v) is 2.33. The number of hydrogen-bond acceptors (Lipinski definition) is 4. The van der Waals surface area contributed by atoms with Gasteiger partial charge in [0.05, 0.1) is 17.5 Å². The average molecular weight is 228 g/mol. The van der Waals surface area contributed by atoms with Crippen LogP contribution >= 0.6 is 0 Å². The lowest BCUT2D eigenvalue weighted by molar-refractivity contribution is 0.555. The van der Waals surface area contributed by atoms with Crippen LogP contribution in [-0.4, -0.2) is 19.7 Å². The Morgan fingerprint density at radius 3 is 2.80 bits per heavy atom. The fraction of sp³-hybridized carbons (Fsp3) is 0.125. The van der Waals surface area contributed by atoms with E-state index in [1.165, 1.54) is 18.2 Å². The van der Waals surface area contributed by atoms with E-state index >= 15 is 0 Å². The summed E-state index contributed by atoms with van der Waals surface area (Å²) in [6.45, 7) is 0. The number of anilines is 1. The molecule has 0 atom stereocenters. The molecule has 0 saturated heterocycles. The second kappa shape index (κ2) is 3.13. The maximum absolute atomic E-state index is 10.9. The van der Waals surface area contributed by atoms with Crippen molar-refractivity contribution in [1.82, 2.24) is 4.98 Å². The molecule has 2 aromatic rings. The van der Waals surface area contributed by atoms with Crippen LogP contribution in [0.25, 0.3) is 11.1 Å². The molecule has 0 spiro atoms. The van der Waals surface area contributed by atoms with Crippen molar-refractivity contribution in [3.63, 3.8) is 0 Å². The molecule has 0 saturated carbocycles. The lowest BCUT2D eigenvalue weighted by Crippen LogP contribution is -2.09. The van der Waals surface area contributed by atoms with Crippen LogP contribution in [0.15, 0.2) is 27.4 Å². The van der Waals surface area contributed by atoms with Crippen molar-refractivity contribution in [2.24, 2.45) is 0 Å². The minimum atomic E-state index is -3.31. The summed E-state index contributed by atoms with van der Waals surface area (Å²) in [5.41, 5.74) is 1.22. The van der Waals surface area contributed by atoms with E-state index < -0.39 is 15.8 Å². The monoisotopic (exact) mass is 228 g/mol. The van der Waals surface area contributed by atoms with Crippen molar-refractivity contribution in [1.29, 1.82) is 0 Å². The van der Waals surface area contributed by atoms with E-state index in [2.05, 4.69) is 9.71 Å². The molecule has 1 aromatic carbocycles. The van der Waals surface area contributed by atoms with Crippen LogP contribution in [0.4, 0.5) is 5.69 Å². The van der Waals surface area contributed by atoms with Crippen molar-refractivity contribution in [2.45, 2.75) is 0 Å². The minimum Gasteiger partial charge on any atom is -0.408 e. The first kappa shape index (κ1) is 9.78. The first-order valence-corrected chi connectivity index (χ1v) is 5.94. The molecule has 0 amide bonds. The van der Waals surface area contributed by atoms with Gasteiger partial charge in [0.15, 0.2) is 5.58 Å². The molecule has 1 aromatic heterocycles. The first-order valence-electron chi connectivity index (χ1n) is 4.05. The Morgan fingerprint density at radius 1 is 1.40 bits per heavy atom. The Bertz CT molecular complexity index is 653. The molecule has 7 heteroatoms. The van der Waals surface area contributed by atoms with E-state index in [9.17, 15) is 13.2 Å². The molecule has 15 heavy (non-hydrogen) atoms. The van der Waals surface area contributed by atoms with Gasteiger partial charge in [0.2, 0.25) is 10.0 Å². The number of benzene rings is 1. The molecule has 0 aliphatic heterocycles. The number of aromatic amines is 1. The van der Waals surface area contributed by atoms with Crippen LogP contribution in [0.1, 0.15) is 0 Å². The highest BCUT2D eigenvalue weighted by Gasteiger charge is 2.05. The van der Waals surface area contributed by atoms with Crippen LogP contribution in [0.2, 0.25) is 0 Å². The average Bonchev–Trinajstić information content (AvgIpc) is 2.40. The van der Waals surface area contributed by atoms with E-state index in [1.807, 2.05) is 0 Å². The molecular weight excluding hydrogens is 220 g/mol. The van der Waals surface area contributed by atoms with E-state index in [1.54, 1.807) is 0 Å². The van der Waals surface area contributed by atoms with Gasteiger partial charge in [0.25, 0.3) is 0 Å². The van der Waals surface area contributed by atoms with Crippen LogP contribution < -0.4 is 10.5 Å². The summed E-state index contributed by atoms with van der Waals surface area (Å²) < 4.78 is 28.9. The predicted octanol–water partition coefficient (Wildman–Crippen LogP) is 0.493. The number of fused-ring (bicyclic) bond motifs is 1. The molecule has 0 radical (unpaired) electrons. The molecule has 0 fully saturated rings. The van der Waals surface area contributed by atoms with Gasteiger partial charge in [-0.2, -0.15) is 0 Å². The number of rotatable bonds is 2. The zero-order valence-electron chi connectivity index (χ0n) is 7.77. The smallest absolute Gasteiger partial charge is 0.408 e. The highest BCUT2D eigenvalue weighted by Crippen LogP contribution is 2.16. The molecule has 2 rings (SSSR count). The van der Waals surface area contributed by atoms with Gasteiger partial charge in [0, 0.05) is 0 Å². The summed E-state index contributed by atoms with van der Waals surface area (Å²) in [5, 5.41) is 0. The second-order valence-corrected chi connectivity index (χ2v) is 4.85. The van der Waals surface area contributed by atoms with E-state index in [0.29, 0.717) is 16.8 Å².